The van der Waals surface area contributed by atoms with Crippen LogP contribution in [-0.4, -0.2) is 12.5 Å². The van der Waals surface area contributed by atoms with Gasteiger partial charge in [0.2, 0.25) is 5.91 Å². The van der Waals surface area contributed by atoms with Crippen molar-refractivity contribution >= 4 is 11.6 Å². The summed E-state index contributed by atoms with van der Waals surface area (Å²) in [5.41, 5.74) is 1.64. The molecule has 0 saturated carbocycles. The molecular formula is C16H15F2NO2. The molecule has 0 atom stereocenters. The van der Waals surface area contributed by atoms with Crippen molar-refractivity contribution in [2.24, 2.45) is 0 Å². The van der Waals surface area contributed by atoms with Crippen LogP contribution < -0.4 is 10.1 Å². The number of hydrogen-bond donors (Lipinski definition) is 1. The lowest BCUT2D eigenvalue weighted by molar-refractivity contribution is -0.116. The van der Waals surface area contributed by atoms with Crippen molar-refractivity contribution in [2.45, 2.75) is 19.5 Å². The van der Waals surface area contributed by atoms with Crippen molar-refractivity contribution < 1.29 is 18.3 Å². The fourth-order valence-electron chi connectivity index (χ4n) is 1.85. The maximum atomic E-state index is 12.0. The summed E-state index contributed by atoms with van der Waals surface area (Å²) in [6.07, 6.45) is 1.01. The van der Waals surface area contributed by atoms with Crippen LogP contribution in [0.15, 0.2) is 54.6 Å². The van der Waals surface area contributed by atoms with Crippen molar-refractivity contribution in [1.29, 1.82) is 0 Å². The molecule has 1 amide bonds. The molecule has 0 spiro atoms. The number of anilines is 1. The highest BCUT2D eigenvalue weighted by molar-refractivity contribution is 5.90. The maximum Gasteiger partial charge on any atom is 0.387 e. The lowest BCUT2D eigenvalue weighted by Gasteiger charge is -2.07. The Morgan fingerprint density at radius 3 is 2.33 bits per heavy atom. The number of hydrogen-bond acceptors (Lipinski definition) is 2. The molecule has 1 N–H and O–H groups in total. The summed E-state index contributed by atoms with van der Waals surface area (Å²) in [7, 11) is 0. The zero-order valence-electron chi connectivity index (χ0n) is 11.3. The Balaban J connectivity index is 1.82. The van der Waals surface area contributed by atoms with Gasteiger partial charge in [-0.1, -0.05) is 30.3 Å². The van der Waals surface area contributed by atoms with Gasteiger partial charge in [-0.25, -0.2) is 0 Å². The Labute approximate surface area is 121 Å². The summed E-state index contributed by atoms with van der Waals surface area (Å²) >= 11 is 0. The Morgan fingerprint density at radius 1 is 1.05 bits per heavy atom. The first kappa shape index (κ1) is 15.0. The Kier molecular flexibility index (Phi) is 5.26. The van der Waals surface area contributed by atoms with Crippen LogP contribution in [0.1, 0.15) is 12.0 Å². The van der Waals surface area contributed by atoms with Crippen LogP contribution in [0.3, 0.4) is 0 Å². The molecule has 0 aliphatic carbocycles. The molecule has 2 aromatic rings. The quantitative estimate of drug-likeness (QED) is 0.877. The van der Waals surface area contributed by atoms with Gasteiger partial charge in [0.1, 0.15) is 5.75 Å². The summed E-state index contributed by atoms with van der Waals surface area (Å²) in [4.78, 5) is 11.8. The molecule has 2 aromatic carbocycles. The number of nitrogens with one attached hydrogen (secondary N) is 1. The second kappa shape index (κ2) is 7.38. The lowest BCUT2D eigenvalue weighted by Crippen LogP contribution is -2.12. The van der Waals surface area contributed by atoms with Crippen LogP contribution in [0, 0.1) is 0 Å². The average molecular weight is 291 g/mol. The van der Waals surface area contributed by atoms with E-state index in [0.717, 1.165) is 5.56 Å². The van der Waals surface area contributed by atoms with Crippen LogP contribution in [0.4, 0.5) is 14.5 Å². The Bertz CT molecular complexity index is 571. The second-order valence-electron chi connectivity index (χ2n) is 4.44. The molecule has 0 radical (unpaired) electrons. The molecule has 0 unspecified atom stereocenters. The SMILES string of the molecule is O=C(CCc1ccccc1)Nc1ccc(OC(F)F)cc1. The monoisotopic (exact) mass is 291 g/mol. The van der Waals surface area contributed by atoms with E-state index in [0.29, 0.717) is 18.5 Å². The Hall–Kier alpha value is -2.43. The molecule has 0 bridgehead atoms. The second-order valence-corrected chi connectivity index (χ2v) is 4.44. The number of amides is 1. The topological polar surface area (TPSA) is 38.3 Å². The molecule has 110 valence electrons. The molecule has 0 fully saturated rings. The predicted octanol–water partition coefficient (Wildman–Crippen LogP) is 3.86. The predicted molar refractivity (Wildman–Crippen MR) is 76.5 cm³/mol. The minimum Gasteiger partial charge on any atom is -0.435 e. The summed E-state index contributed by atoms with van der Waals surface area (Å²) < 4.78 is 28.2. The van der Waals surface area contributed by atoms with Gasteiger partial charge in [-0.15, -0.1) is 0 Å². The largest absolute Gasteiger partial charge is 0.435 e. The van der Waals surface area contributed by atoms with E-state index in [2.05, 4.69) is 10.1 Å². The zero-order chi connectivity index (χ0) is 15.1. The van der Waals surface area contributed by atoms with E-state index >= 15 is 0 Å². The average Bonchev–Trinajstić information content (AvgIpc) is 2.48. The minimum atomic E-state index is -2.85. The van der Waals surface area contributed by atoms with Gasteiger partial charge in [0.05, 0.1) is 0 Å². The van der Waals surface area contributed by atoms with Gasteiger partial charge in [0.25, 0.3) is 0 Å². The van der Waals surface area contributed by atoms with E-state index in [-0.39, 0.29) is 11.7 Å². The number of halogens is 2. The summed E-state index contributed by atoms with van der Waals surface area (Å²) in [6.45, 7) is -2.85. The summed E-state index contributed by atoms with van der Waals surface area (Å²) in [5, 5.41) is 2.71. The smallest absolute Gasteiger partial charge is 0.387 e. The third-order valence-electron chi connectivity index (χ3n) is 2.85. The number of rotatable bonds is 6. The van der Waals surface area contributed by atoms with Gasteiger partial charge in [-0.05, 0) is 36.2 Å². The van der Waals surface area contributed by atoms with E-state index in [1.807, 2.05) is 30.3 Å². The molecule has 2 rings (SSSR count). The number of alkyl halides is 2. The van der Waals surface area contributed by atoms with Gasteiger partial charge < -0.3 is 10.1 Å². The van der Waals surface area contributed by atoms with Crippen LogP contribution in [-0.2, 0) is 11.2 Å². The summed E-state index contributed by atoms with van der Waals surface area (Å²) in [5.74, 6) is -0.0614. The fraction of sp³-hybridized carbons (Fsp3) is 0.188. The number of aryl methyl sites for hydroxylation is 1. The van der Waals surface area contributed by atoms with Crippen molar-refractivity contribution in [3.63, 3.8) is 0 Å². The van der Waals surface area contributed by atoms with Gasteiger partial charge in [-0.3, -0.25) is 4.79 Å². The highest BCUT2D eigenvalue weighted by Gasteiger charge is 2.06. The molecule has 3 nitrogen and oxygen atoms in total. The van der Waals surface area contributed by atoms with Gasteiger partial charge in [0.15, 0.2) is 0 Å². The first-order valence-corrected chi connectivity index (χ1v) is 6.52. The molecule has 0 aromatic heterocycles. The van der Waals surface area contributed by atoms with Crippen LogP contribution >= 0.6 is 0 Å². The van der Waals surface area contributed by atoms with Crippen molar-refractivity contribution in [1.82, 2.24) is 0 Å². The van der Waals surface area contributed by atoms with Gasteiger partial charge >= 0.3 is 6.61 Å². The van der Waals surface area contributed by atoms with Gasteiger partial charge in [0, 0.05) is 12.1 Å². The zero-order valence-corrected chi connectivity index (χ0v) is 11.3. The van der Waals surface area contributed by atoms with Crippen molar-refractivity contribution in [2.75, 3.05) is 5.32 Å². The van der Waals surface area contributed by atoms with E-state index in [4.69, 9.17) is 0 Å². The first-order valence-electron chi connectivity index (χ1n) is 6.52. The third kappa shape index (κ3) is 5.22. The molecular weight excluding hydrogens is 276 g/mol. The van der Waals surface area contributed by atoms with Crippen LogP contribution in [0.25, 0.3) is 0 Å². The Morgan fingerprint density at radius 2 is 1.71 bits per heavy atom. The highest BCUT2D eigenvalue weighted by atomic mass is 19.3. The number of benzene rings is 2. The summed E-state index contributed by atoms with van der Waals surface area (Å²) in [6, 6.07) is 15.5. The van der Waals surface area contributed by atoms with Gasteiger partial charge in [-0.2, -0.15) is 8.78 Å². The third-order valence-corrected chi connectivity index (χ3v) is 2.85. The molecule has 21 heavy (non-hydrogen) atoms. The number of carbonyl (C=O) groups is 1. The first-order chi connectivity index (χ1) is 10.1. The standard InChI is InChI=1S/C16H15F2NO2/c17-16(18)21-14-9-7-13(8-10-14)19-15(20)11-6-12-4-2-1-3-5-12/h1-5,7-10,16H,6,11H2,(H,19,20). The van der Waals surface area contributed by atoms with E-state index in [1.54, 1.807) is 0 Å². The normalized spacial score (nSPS) is 10.4. The van der Waals surface area contributed by atoms with E-state index in [1.165, 1.54) is 24.3 Å². The molecule has 0 aliphatic heterocycles. The minimum absolute atomic E-state index is 0.0623. The fourth-order valence-corrected chi connectivity index (χ4v) is 1.85. The van der Waals surface area contributed by atoms with Crippen molar-refractivity contribution in [3.8, 4) is 5.75 Å². The number of ether oxygens (including phenoxy) is 1. The highest BCUT2D eigenvalue weighted by Crippen LogP contribution is 2.18. The van der Waals surface area contributed by atoms with Crippen LogP contribution in [0.5, 0.6) is 5.75 Å². The van der Waals surface area contributed by atoms with E-state index in [9.17, 15) is 13.6 Å². The number of carbonyl (C=O) groups excluding carboxylic acids is 1. The molecule has 0 aliphatic rings. The lowest BCUT2D eigenvalue weighted by atomic mass is 10.1. The molecule has 0 heterocycles. The maximum absolute atomic E-state index is 12.0. The van der Waals surface area contributed by atoms with Crippen LogP contribution in [0.2, 0.25) is 0 Å². The van der Waals surface area contributed by atoms with E-state index < -0.39 is 6.61 Å². The van der Waals surface area contributed by atoms with Crippen molar-refractivity contribution in [3.05, 3.63) is 60.2 Å². The molecule has 0 saturated heterocycles. The molecule has 5 heteroatoms.